The average Bonchev–Trinajstić information content (AvgIpc) is 2.91. The number of hydrogen-bond donors (Lipinski definition) is 1. The van der Waals surface area contributed by atoms with Crippen LogP contribution in [-0.4, -0.2) is 36.4 Å². The molecule has 140 valence electrons. The molecular formula is C24H23N3S. The number of nitrogens with one attached hydrogen (secondary N) is 1. The molecule has 2 aliphatic rings. The average molecular weight is 386 g/mol. The SMILES string of the molecule is c1ccc(C[C@H]2CN(C3=Nc4ccccc4Sc4ccccc43)CCN2)cc1. The molecule has 4 heteroatoms. The van der Waals surface area contributed by atoms with E-state index in [-0.39, 0.29) is 0 Å². The van der Waals surface area contributed by atoms with Gasteiger partial charge in [-0.3, -0.25) is 0 Å². The summed E-state index contributed by atoms with van der Waals surface area (Å²) >= 11 is 1.82. The maximum atomic E-state index is 5.14. The second kappa shape index (κ2) is 7.82. The van der Waals surface area contributed by atoms with Gasteiger partial charge in [0.2, 0.25) is 0 Å². The number of hydrogen-bond acceptors (Lipinski definition) is 4. The Bertz CT molecular complexity index is 999. The van der Waals surface area contributed by atoms with Gasteiger partial charge < -0.3 is 10.2 Å². The zero-order valence-electron chi connectivity index (χ0n) is 15.7. The Morgan fingerprint density at radius 1 is 0.893 bits per heavy atom. The zero-order chi connectivity index (χ0) is 18.8. The van der Waals surface area contributed by atoms with Crippen molar-refractivity contribution in [1.82, 2.24) is 10.2 Å². The van der Waals surface area contributed by atoms with Crippen molar-refractivity contribution < 1.29 is 0 Å². The largest absolute Gasteiger partial charge is 0.353 e. The minimum atomic E-state index is 0.428. The van der Waals surface area contributed by atoms with Crippen LogP contribution in [0.5, 0.6) is 0 Å². The highest BCUT2D eigenvalue weighted by atomic mass is 32.2. The molecule has 3 aromatic rings. The number of benzene rings is 3. The Labute approximate surface area is 170 Å². The predicted molar refractivity (Wildman–Crippen MR) is 117 cm³/mol. The van der Waals surface area contributed by atoms with Crippen molar-refractivity contribution in [3.63, 3.8) is 0 Å². The van der Waals surface area contributed by atoms with E-state index in [1.807, 2.05) is 11.8 Å². The van der Waals surface area contributed by atoms with Gasteiger partial charge in [0.25, 0.3) is 0 Å². The van der Waals surface area contributed by atoms with E-state index in [1.54, 1.807) is 0 Å². The first kappa shape index (κ1) is 17.5. The Morgan fingerprint density at radius 3 is 2.54 bits per heavy atom. The van der Waals surface area contributed by atoms with E-state index in [4.69, 9.17) is 4.99 Å². The molecule has 0 saturated carbocycles. The van der Waals surface area contributed by atoms with Crippen LogP contribution in [0.1, 0.15) is 11.1 Å². The molecule has 1 atom stereocenters. The van der Waals surface area contributed by atoms with Gasteiger partial charge in [0.05, 0.1) is 5.69 Å². The van der Waals surface area contributed by atoms with E-state index < -0.39 is 0 Å². The Kier molecular flexibility index (Phi) is 4.90. The van der Waals surface area contributed by atoms with Crippen LogP contribution in [0.3, 0.4) is 0 Å². The number of para-hydroxylation sites is 1. The van der Waals surface area contributed by atoms with Crippen LogP contribution in [-0.2, 0) is 6.42 Å². The van der Waals surface area contributed by atoms with E-state index >= 15 is 0 Å². The molecule has 0 radical (unpaired) electrons. The summed E-state index contributed by atoms with van der Waals surface area (Å²) in [7, 11) is 0. The molecular weight excluding hydrogens is 362 g/mol. The summed E-state index contributed by atoms with van der Waals surface area (Å²) in [5, 5.41) is 3.69. The molecule has 1 N–H and O–H groups in total. The molecule has 0 aliphatic carbocycles. The van der Waals surface area contributed by atoms with Crippen molar-refractivity contribution in [2.75, 3.05) is 19.6 Å². The first-order chi connectivity index (χ1) is 13.9. The zero-order valence-corrected chi connectivity index (χ0v) is 16.5. The summed E-state index contributed by atoms with van der Waals surface area (Å²) < 4.78 is 0. The van der Waals surface area contributed by atoms with Crippen LogP contribution in [0.15, 0.2) is 93.6 Å². The molecule has 0 aromatic heterocycles. The molecule has 28 heavy (non-hydrogen) atoms. The van der Waals surface area contributed by atoms with Crippen molar-refractivity contribution >= 4 is 23.3 Å². The van der Waals surface area contributed by atoms with Gasteiger partial charge in [0.15, 0.2) is 0 Å². The van der Waals surface area contributed by atoms with Gasteiger partial charge in [-0.25, -0.2) is 4.99 Å². The first-order valence-electron chi connectivity index (χ1n) is 9.84. The van der Waals surface area contributed by atoms with Gasteiger partial charge in [-0.05, 0) is 30.2 Å². The van der Waals surface area contributed by atoms with Gasteiger partial charge in [-0.1, -0.05) is 72.4 Å². The second-order valence-electron chi connectivity index (χ2n) is 7.29. The van der Waals surface area contributed by atoms with Gasteiger partial charge in [-0.2, -0.15) is 0 Å². The van der Waals surface area contributed by atoms with Crippen LogP contribution in [0.2, 0.25) is 0 Å². The van der Waals surface area contributed by atoms with Crippen molar-refractivity contribution in [2.45, 2.75) is 22.3 Å². The lowest BCUT2D eigenvalue weighted by atomic mass is 10.0. The van der Waals surface area contributed by atoms with Crippen molar-refractivity contribution in [3.8, 4) is 0 Å². The topological polar surface area (TPSA) is 27.6 Å². The minimum Gasteiger partial charge on any atom is -0.353 e. The van der Waals surface area contributed by atoms with E-state index in [1.165, 1.54) is 20.9 Å². The summed E-state index contributed by atoms with van der Waals surface area (Å²) in [5.74, 6) is 1.10. The third-order valence-electron chi connectivity index (χ3n) is 5.32. The minimum absolute atomic E-state index is 0.428. The highest BCUT2D eigenvalue weighted by Crippen LogP contribution is 2.40. The molecule has 1 saturated heterocycles. The number of nitrogens with zero attached hydrogens (tertiary/aromatic N) is 2. The molecule has 2 heterocycles. The molecule has 0 spiro atoms. The molecule has 3 aromatic carbocycles. The Hall–Kier alpha value is -2.56. The second-order valence-corrected chi connectivity index (χ2v) is 8.37. The maximum Gasteiger partial charge on any atom is 0.137 e. The van der Waals surface area contributed by atoms with E-state index in [0.29, 0.717) is 6.04 Å². The highest BCUT2D eigenvalue weighted by Gasteiger charge is 2.26. The molecule has 5 rings (SSSR count). The number of fused-ring (bicyclic) bond motifs is 2. The number of aliphatic imine (C=N–C) groups is 1. The normalized spacial score (nSPS) is 18.6. The lowest BCUT2D eigenvalue weighted by Crippen LogP contribution is -2.53. The summed E-state index contributed by atoms with van der Waals surface area (Å²) in [5.41, 5.74) is 3.69. The van der Waals surface area contributed by atoms with Gasteiger partial charge >= 0.3 is 0 Å². The van der Waals surface area contributed by atoms with Crippen LogP contribution < -0.4 is 5.32 Å². The Morgan fingerprint density at radius 2 is 1.64 bits per heavy atom. The van der Waals surface area contributed by atoms with Gasteiger partial charge in [0.1, 0.15) is 5.84 Å². The fourth-order valence-electron chi connectivity index (χ4n) is 3.96. The van der Waals surface area contributed by atoms with E-state index in [2.05, 4.69) is 89.1 Å². The fraction of sp³-hybridized carbons (Fsp3) is 0.208. The molecule has 0 unspecified atom stereocenters. The molecule has 0 bridgehead atoms. The quantitative estimate of drug-likeness (QED) is 0.690. The van der Waals surface area contributed by atoms with Crippen LogP contribution >= 0.6 is 11.8 Å². The lowest BCUT2D eigenvalue weighted by Gasteiger charge is -2.36. The summed E-state index contributed by atoms with van der Waals surface area (Å²) in [4.78, 5) is 10.1. The van der Waals surface area contributed by atoms with Crippen molar-refractivity contribution in [1.29, 1.82) is 0 Å². The van der Waals surface area contributed by atoms with Gasteiger partial charge in [-0.15, -0.1) is 0 Å². The predicted octanol–water partition coefficient (Wildman–Crippen LogP) is 4.75. The molecule has 0 amide bonds. The lowest BCUT2D eigenvalue weighted by molar-refractivity contribution is 0.290. The highest BCUT2D eigenvalue weighted by molar-refractivity contribution is 7.99. The molecule has 1 fully saturated rings. The van der Waals surface area contributed by atoms with Crippen LogP contribution in [0, 0.1) is 0 Å². The summed E-state index contributed by atoms with van der Waals surface area (Å²) in [6.07, 6.45) is 1.04. The summed E-state index contributed by atoms with van der Waals surface area (Å²) in [6, 6.07) is 28.3. The van der Waals surface area contributed by atoms with Crippen LogP contribution in [0.4, 0.5) is 5.69 Å². The van der Waals surface area contributed by atoms with E-state index in [0.717, 1.165) is 37.6 Å². The number of rotatable bonds is 2. The van der Waals surface area contributed by atoms with Crippen molar-refractivity contribution in [2.24, 2.45) is 4.99 Å². The van der Waals surface area contributed by atoms with Gasteiger partial charge in [0, 0.05) is 41.0 Å². The third-order valence-corrected chi connectivity index (χ3v) is 6.46. The third kappa shape index (κ3) is 3.58. The van der Waals surface area contributed by atoms with Crippen LogP contribution in [0.25, 0.3) is 0 Å². The fourth-order valence-corrected chi connectivity index (χ4v) is 4.98. The first-order valence-corrected chi connectivity index (χ1v) is 10.7. The van der Waals surface area contributed by atoms with E-state index in [9.17, 15) is 0 Å². The Balaban J connectivity index is 1.47. The number of amidine groups is 1. The molecule has 3 nitrogen and oxygen atoms in total. The monoisotopic (exact) mass is 385 g/mol. The standard InChI is InChI=1S/C24H23N3S/c1-2-8-18(9-3-1)16-19-17-27(15-14-25-19)24-20-10-4-6-12-22(20)28-23-13-7-5-11-21(23)26-24/h1-13,19,25H,14-17H2/t19-/m0/s1. The smallest absolute Gasteiger partial charge is 0.137 e. The number of piperazine rings is 1. The van der Waals surface area contributed by atoms with Crippen molar-refractivity contribution in [3.05, 3.63) is 90.0 Å². The summed E-state index contributed by atoms with van der Waals surface area (Å²) in [6.45, 7) is 2.92. The molecule has 2 aliphatic heterocycles. The maximum absolute atomic E-state index is 5.14.